The maximum absolute atomic E-state index is 12.6. The van der Waals surface area contributed by atoms with E-state index in [1.54, 1.807) is 16.5 Å². The summed E-state index contributed by atoms with van der Waals surface area (Å²) >= 11 is 0. The van der Waals surface area contributed by atoms with E-state index in [4.69, 9.17) is 0 Å². The topological polar surface area (TPSA) is 67.2 Å². The van der Waals surface area contributed by atoms with Crippen molar-refractivity contribution in [3.8, 4) is 0 Å². The van der Waals surface area contributed by atoms with E-state index < -0.39 is 5.54 Å². The highest BCUT2D eigenvalue weighted by atomic mass is 16.2. The Hall–Kier alpha value is -1.85. The van der Waals surface area contributed by atoms with E-state index in [1.807, 2.05) is 27.0 Å². The van der Waals surface area contributed by atoms with Crippen molar-refractivity contribution in [2.45, 2.75) is 45.7 Å². The molecule has 110 valence electrons. The predicted molar refractivity (Wildman–Crippen MR) is 74.8 cm³/mol. The third-order valence-corrected chi connectivity index (χ3v) is 3.94. The summed E-state index contributed by atoms with van der Waals surface area (Å²) in [5.74, 6) is -0.0870. The van der Waals surface area contributed by atoms with Crippen LogP contribution in [0.25, 0.3) is 0 Å². The number of hydrogen-bond donors (Lipinski definition) is 1. The lowest BCUT2D eigenvalue weighted by Crippen LogP contribution is -2.54. The molecule has 0 spiro atoms. The molecule has 2 rings (SSSR count). The van der Waals surface area contributed by atoms with Crippen molar-refractivity contribution in [3.63, 3.8) is 0 Å². The van der Waals surface area contributed by atoms with Crippen LogP contribution in [0.15, 0.2) is 6.07 Å². The molecule has 1 atom stereocenters. The minimum absolute atomic E-state index is 0.0234. The van der Waals surface area contributed by atoms with Gasteiger partial charge in [-0.05, 0) is 26.3 Å². The zero-order chi connectivity index (χ0) is 14.9. The summed E-state index contributed by atoms with van der Waals surface area (Å²) in [7, 11) is 1.87. The van der Waals surface area contributed by atoms with Gasteiger partial charge in [0.05, 0.1) is 17.9 Å². The van der Waals surface area contributed by atoms with Gasteiger partial charge in [0.1, 0.15) is 5.54 Å². The molecule has 1 unspecified atom stereocenters. The molecule has 1 aliphatic rings. The Morgan fingerprint density at radius 3 is 2.70 bits per heavy atom. The van der Waals surface area contributed by atoms with E-state index >= 15 is 0 Å². The minimum Gasteiger partial charge on any atom is -0.342 e. The number of amides is 2. The van der Waals surface area contributed by atoms with Crippen molar-refractivity contribution < 1.29 is 9.59 Å². The monoisotopic (exact) mass is 278 g/mol. The second-order valence-electron chi connectivity index (χ2n) is 5.61. The van der Waals surface area contributed by atoms with E-state index in [0.29, 0.717) is 25.9 Å². The molecular formula is C14H22N4O2. The first kappa shape index (κ1) is 14.6. The second-order valence-corrected chi connectivity index (χ2v) is 5.61. The number of carbonyl (C=O) groups excluding carboxylic acids is 2. The first-order chi connectivity index (χ1) is 9.35. The largest absolute Gasteiger partial charge is 0.342 e. The van der Waals surface area contributed by atoms with E-state index in [0.717, 1.165) is 11.4 Å². The van der Waals surface area contributed by atoms with Gasteiger partial charge in [0.15, 0.2) is 0 Å². The van der Waals surface area contributed by atoms with Crippen LogP contribution in [0.5, 0.6) is 0 Å². The van der Waals surface area contributed by atoms with Gasteiger partial charge in [-0.3, -0.25) is 14.3 Å². The highest BCUT2D eigenvalue weighted by molar-refractivity contribution is 5.93. The summed E-state index contributed by atoms with van der Waals surface area (Å²) in [5.41, 5.74) is 1.10. The number of aryl methyl sites for hydroxylation is 2. The molecule has 0 saturated carbocycles. The van der Waals surface area contributed by atoms with Crippen LogP contribution in [0.3, 0.4) is 0 Å². The van der Waals surface area contributed by atoms with Crippen LogP contribution in [-0.2, 0) is 23.2 Å². The Morgan fingerprint density at radius 2 is 2.15 bits per heavy atom. The van der Waals surface area contributed by atoms with Gasteiger partial charge >= 0.3 is 0 Å². The van der Waals surface area contributed by atoms with Crippen molar-refractivity contribution in [2.75, 3.05) is 6.54 Å². The van der Waals surface area contributed by atoms with Gasteiger partial charge in [-0.2, -0.15) is 5.10 Å². The molecule has 6 heteroatoms. The van der Waals surface area contributed by atoms with Gasteiger partial charge in [0.25, 0.3) is 0 Å². The molecule has 6 nitrogen and oxygen atoms in total. The van der Waals surface area contributed by atoms with Crippen LogP contribution in [0.2, 0.25) is 0 Å². The molecule has 1 N–H and O–H groups in total. The number of carbonyl (C=O) groups is 2. The minimum atomic E-state index is -0.804. The molecule has 0 radical (unpaired) electrons. The summed E-state index contributed by atoms with van der Waals surface area (Å²) in [5, 5.41) is 7.13. The van der Waals surface area contributed by atoms with E-state index in [2.05, 4.69) is 10.4 Å². The summed E-state index contributed by atoms with van der Waals surface area (Å²) in [6.45, 7) is 6.57. The van der Waals surface area contributed by atoms with Crippen molar-refractivity contribution >= 4 is 11.8 Å². The standard InChI is InChI=1S/C14H22N4O2/c1-5-14(3)13(20)18(7-6-12(19)15-14)9-11-8-10(2)16-17(11)4/h8H,5-7,9H2,1-4H3,(H,15,19). The number of rotatable bonds is 3. The fourth-order valence-corrected chi connectivity index (χ4v) is 2.51. The lowest BCUT2D eigenvalue weighted by Gasteiger charge is -2.31. The average Bonchev–Trinajstić information content (AvgIpc) is 2.66. The maximum atomic E-state index is 12.6. The van der Waals surface area contributed by atoms with Crippen LogP contribution in [-0.4, -0.2) is 38.6 Å². The van der Waals surface area contributed by atoms with Gasteiger partial charge in [0.2, 0.25) is 11.8 Å². The molecule has 0 bridgehead atoms. The third-order valence-electron chi connectivity index (χ3n) is 3.94. The average molecular weight is 278 g/mol. The van der Waals surface area contributed by atoms with Crippen molar-refractivity contribution in [2.24, 2.45) is 7.05 Å². The lowest BCUT2D eigenvalue weighted by atomic mass is 9.97. The van der Waals surface area contributed by atoms with Gasteiger partial charge < -0.3 is 10.2 Å². The molecule has 0 aromatic carbocycles. The van der Waals surface area contributed by atoms with Gasteiger partial charge in [-0.1, -0.05) is 6.92 Å². The quantitative estimate of drug-likeness (QED) is 0.887. The lowest BCUT2D eigenvalue weighted by molar-refractivity contribution is -0.138. The number of hydrogen-bond acceptors (Lipinski definition) is 3. The third kappa shape index (κ3) is 2.69. The van der Waals surface area contributed by atoms with Crippen LogP contribution >= 0.6 is 0 Å². The Morgan fingerprint density at radius 1 is 1.45 bits per heavy atom. The van der Waals surface area contributed by atoms with Crippen molar-refractivity contribution in [1.29, 1.82) is 0 Å². The zero-order valence-corrected chi connectivity index (χ0v) is 12.6. The molecule has 20 heavy (non-hydrogen) atoms. The molecule has 2 heterocycles. The molecule has 1 saturated heterocycles. The second kappa shape index (κ2) is 5.26. The predicted octanol–water partition coefficient (Wildman–Crippen LogP) is 0.746. The Kier molecular flexibility index (Phi) is 3.83. The van der Waals surface area contributed by atoms with E-state index in [1.165, 1.54) is 0 Å². The Labute approximate surface area is 119 Å². The molecule has 1 aromatic rings. The Balaban J connectivity index is 2.24. The van der Waals surface area contributed by atoms with E-state index in [9.17, 15) is 9.59 Å². The first-order valence-corrected chi connectivity index (χ1v) is 6.95. The zero-order valence-electron chi connectivity index (χ0n) is 12.6. The molecular weight excluding hydrogens is 256 g/mol. The summed E-state index contributed by atoms with van der Waals surface area (Å²) in [6.07, 6.45) is 0.927. The fraction of sp³-hybridized carbons (Fsp3) is 0.643. The number of nitrogens with one attached hydrogen (secondary N) is 1. The Bertz CT molecular complexity index is 537. The molecule has 0 aliphatic carbocycles. The summed E-state index contributed by atoms with van der Waals surface area (Å²) in [4.78, 5) is 26.2. The normalized spacial score (nSPS) is 23.7. The van der Waals surface area contributed by atoms with Gasteiger partial charge in [-0.15, -0.1) is 0 Å². The van der Waals surface area contributed by atoms with Crippen molar-refractivity contribution in [1.82, 2.24) is 20.0 Å². The van der Waals surface area contributed by atoms with Crippen LogP contribution in [0, 0.1) is 6.92 Å². The fourth-order valence-electron chi connectivity index (χ4n) is 2.51. The van der Waals surface area contributed by atoms with Crippen LogP contribution < -0.4 is 5.32 Å². The smallest absolute Gasteiger partial charge is 0.248 e. The van der Waals surface area contributed by atoms with E-state index in [-0.39, 0.29) is 11.8 Å². The van der Waals surface area contributed by atoms with Gasteiger partial charge in [-0.25, -0.2) is 0 Å². The van der Waals surface area contributed by atoms with Crippen LogP contribution in [0.1, 0.15) is 38.1 Å². The summed E-state index contributed by atoms with van der Waals surface area (Å²) < 4.78 is 1.78. The maximum Gasteiger partial charge on any atom is 0.248 e. The van der Waals surface area contributed by atoms with Crippen LogP contribution in [0.4, 0.5) is 0 Å². The molecule has 1 aliphatic heterocycles. The van der Waals surface area contributed by atoms with Gasteiger partial charge in [0, 0.05) is 20.0 Å². The molecule has 1 aromatic heterocycles. The first-order valence-electron chi connectivity index (χ1n) is 6.95. The number of nitrogens with zero attached hydrogens (tertiary/aromatic N) is 3. The summed E-state index contributed by atoms with van der Waals surface area (Å²) in [6, 6.07) is 1.97. The highest BCUT2D eigenvalue weighted by Crippen LogP contribution is 2.19. The molecule has 2 amide bonds. The SMILES string of the molecule is CCC1(C)NC(=O)CCN(Cc2cc(C)nn2C)C1=O. The molecule has 1 fully saturated rings. The van der Waals surface area contributed by atoms with Crippen molar-refractivity contribution in [3.05, 3.63) is 17.5 Å². The number of aromatic nitrogens is 2. The highest BCUT2D eigenvalue weighted by Gasteiger charge is 2.39.